The van der Waals surface area contributed by atoms with Gasteiger partial charge in [0.05, 0.1) is 5.92 Å². The molecule has 4 nitrogen and oxygen atoms in total. The molecule has 1 amide bonds. The summed E-state index contributed by atoms with van der Waals surface area (Å²) in [5, 5.41) is 0. The second-order valence-electron chi connectivity index (χ2n) is 7.02. The first-order valence-corrected chi connectivity index (χ1v) is 8.56. The van der Waals surface area contributed by atoms with Crippen molar-refractivity contribution in [3.8, 4) is 0 Å². The Morgan fingerprint density at radius 1 is 1.23 bits per heavy atom. The van der Waals surface area contributed by atoms with Gasteiger partial charge in [0.2, 0.25) is 5.91 Å². The number of carbonyl (C=O) groups excluding carboxylic acids is 1. The molecule has 22 heavy (non-hydrogen) atoms. The van der Waals surface area contributed by atoms with E-state index in [1.54, 1.807) is 0 Å². The minimum atomic E-state index is -0.107. The Bertz CT molecular complexity index is 551. The van der Waals surface area contributed by atoms with Crippen molar-refractivity contribution < 1.29 is 9.21 Å². The number of hydrogen-bond acceptors (Lipinski definition) is 3. The Morgan fingerprint density at radius 3 is 2.50 bits per heavy atom. The number of rotatable bonds is 3. The molecule has 0 saturated carbocycles. The van der Waals surface area contributed by atoms with Crippen LogP contribution in [0.25, 0.3) is 0 Å². The van der Waals surface area contributed by atoms with E-state index in [1.807, 2.05) is 26.8 Å². The molecular weight excluding hydrogens is 276 g/mol. The maximum absolute atomic E-state index is 13.0. The van der Waals surface area contributed by atoms with Crippen LogP contribution in [0.15, 0.2) is 10.5 Å². The summed E-state index contributed by atoms with van der Waals surface area (Å²) in [5.74, 6) is 1.93. The predicted molar refractivity (Wildman–Crippen MR) is 87.0 cm³/mol. The fraction of sp³-hybridized carbons (Fsp3) is 0.722. The lowest BCUT2D eigenvalue weighted by Gasteiger charge is -2.34. The van der Waals surface area contributed by atoms with E-state index in [9.17, 15) is 4.79 Å². The third-order valence-electron chi connectivity index (χ3n) is 5.52. The largest absolute Gasteiger partial charge is 0.466 e. The van der Waals surface area contributed by atoms with E-state index in [2.05, 4.69) is 16.8 Å². The summed E-state index contributed by atoms with van der Waals surface area (Å²) >= 11 is 0. The third kappa shape index (κ3) is 2.69. The van der Waals surface area contributed by atoms with Gasteiger partial charge in [-0.1, -0.05) is 0 Å². The Balaban J connectivity index is 1.77. The molecule has 3 heterocycles. The van der Waals surface area contributed by atoms with Gasteiger partial charge in [0.1, 0.15) is 11.5 Å². The number of furan rings is 1. The lowest BCUT2D eigenvalue weighted by molar-refractivity contribution is -0.134. The Kier molecular flexibility index (Phi) is 4.31. The van der Waals surface area contributed by atoms with Crippen LogP contribution in [0.4, 0.5) is 0 Å². The second kappa shape index (κ2) is 6.07. The average molecular weight is 304 g/mol. The van der Waals surface area contributed by atoms with Gasteiger partial charge in [-0.3, -0.25) is 4.79 Å². The summed E-state index contributed by atoms with van der Waals surface area (Å²) in [7, 11) is 2.20. The SMILES string of the molecule is Cc1cc([C@H](C)C(=O)N2CCC[C@H]2[C@H]2CCCN2C)c(C)o1. The van der Waals surface area contributed by atoms with E-state index < -0.39 is 0 Å². The van der Waals surface area contributed by atoms with Gasteiger partial charge in [-0.2, -0.15) is 0 Å². The molecule has 3 rings (SSSR count). The highest BCUT2D eigenvalue weighted by molar-refractivity contribution is 5.84. The molecule has 2 saturated heterocycles. The fourth-order valence-corrected chi connectivity index (χ4v) is 4.35. The van der Waals surface area contributed by atoms with Crippen molar-refractivity contribution in [2.75, 3.05) is 20.1 Å². The number of carbonyl (C=O) groups is 1. The molecule has 122 valence electrons. The summed E-state index contributed by atoms with van der Waals surface area (Å²) in [6, 6.07) is 2.96. The Morgan fingerprint density at radius 2 is 1.91 bits per heavy atom. The van der Waals surface area contributed by atoms with Crippen LogP contribution in [-0.2, 0) is 4.79 Å². The first-order valence-electron chi connectivity index (χ1n) is 8.56. The van der Waals surface area contributed by atoms with Crippen LogP contribution in [0.2, 0.25) is 0 Å². The lowest BCUT2D eigenvalue weighted by atomic mass is 9.97. The van der Waals surface area contributed by atoms with Gasteiger partial charge in [0.15, 0.2) is 0 Å². The van der Waals surface area contributed by atoms with E-state index in [4.69, 9.17) is 4.42 Å². The molecule has 2 aliphatic rings. The number of nitrogens with zero attached hydrogens (tertiary/aromatic N) is 2. The number of likely N-dealkylation sites (N-methyl/N-ethyl adjacent to an activating group) is 1. The smallest absolute Gasteiger partial charge is 0.230 e. The fourth-order valence-electron chi connectivity index (χ4n) is 4.35. The Hall–Kier alpha value is -1.29. The number of likely N-dealkylation sites (tertiary alicyclic amines) is 2. The monoisotopic (exact) mass is 304 g/mol. The zero-order chi connectivity index (χ0) is 15.9. The van der Waals surface area contributed by atoms with Crippen LogP contribution in [0.1, 0.15) is 55.6 Å². The zero-order valence-corrected chi connectivity index (χ0v) is 14.3. The number of aryl methyl sites for hydroxylation is 2. The van der Waals surface area contributed by atoms with Gasteiger partial charge < -0.3 is 14.2 Å². The van der Waals surface area contributed by atoms with Gasteiger partial charge in [-0.15, -0.1) is 0 Å². The molecule has 2 fully saturated rings. The molecule has 0 N–H and O–H groups in total. The minimum Gasteiger partial charge on any atom is -0.466 e. The predicted octanol–water partition coefficient (Wildman–Crippen LogP) is 3.09. The van der Waals surface area contributed by atoms with E-state index in [1.165, 1.54) is 19.4 Å². The van der Waals surface area contributed by atoms with Crippen molar-refractivity contribution in [3.63, 3.8) is 0 Å². The number of amides is 1. The lowest BCUT2D eigenvalue weighted by Crippen LogP contribution is -2.48. The van der Waals surface area contributed by atoms with Gasteiger partial charge >= 0.3 is 0 Å². The van der Waals surface area contributed by atoms with Crippen molar-refractivity contribution in [1.82, 2.24) is 9.80 Å². The third-order valence-corrected chi connectivity index (χ3v) is 5.52. The van der Waals surface area contributed by atoms with E-state index in [0.717, 1.165) is 36.5 Å². The molecule has 0 aliphatic carbocycles. The van der Waals surface area contributed by atoms with Crippen molar-refractivity contribution in [2.24, 2.45) is 0 Å². The molecule has 0 radical (unpaired) electrons. The maximum Gasteiger partial charge on any atom is 0.230 e. The Labute approximate surface area is 133 Å². The van der Waals surface area contributed by atoms with Gasteiger partial charge in [-0.25, -0.2) is 0 Å². The van der Waals surface area contributed by atoms with Crippen molar-refractivity contribution in [2.45, 2.75) is 64.5 Å². The zero-order valence-electron chi connectivity index (χ0n) is 14.3. The maximum atomic E-state index is 13.0. The van der Waals surface area contributed by atoms with Crippen molar-refractivity contribution >= 4 is 5.91 Å². The highest BCUT2D eigenvalue weighted by Gasteiger charge is 2.40. The topological polar surface area (TPSA) is 36.7 Å². The second-order valence-corrected chi connectivity index (χ2v) is 7.02. The molecule has 0 bridgehead atoms. The van der Waals surface area contributed by atoms with Crippen molar-refractivity contribution in [1.29, 1.82) is 0 Å². The standard InChI is InChI=1S/C18H28N2O2/c1-12-11-15(14(3)22-12)13(2)18(21)20-10-6-8-17(20)16-7-5-9-19(16)4/h11,13,16-17H,5-10H2,1-4H3/t13-,16+,17-/m0/s1. The first-order chi connectivity index (χ1) is 10.5. The average Bonchev–Trinajstić information content (AvgIpc) is 3.17. The molecule has 4 heteroatoms. The summed E-state index contributed by atoms with van der Waals surface area (Å²) in [4.78, 5) is 17.6. The summed E-state index contributed by atoms with van der Waals surface area (Å²) < 4.78 is 5.61. The van der Waals surface area contributed by atoms with Gasteiger partial charge in [0, 0.05) is 24.2 Å². The van der Waals surface area contributed by atoms with Gasteiger partial charge in [0.25, 0.3) is 0 Å². The summed E-state index contributed by atoms with van der Waals surface area (Å²) in [6.45, 7) is 8.00. The van der Waals surface area contributed by atoms with E-state index >= 15 is 0 Å². The molecular formula is C18H28N2O2. The summed E-state index contributed by atoms with van der Waals surface area (Å²) in [6.07, 6.45) is 4.77. The quantitative estimate of drug-likeness (QED) is 0.861. The minimum absolute atomic E-state index is 0.107. The molecule has 3 atom stereocenters. The van der Waals surface area contributed by atoms with Crippen LogP contribution in [0, 0.1) is 13.8 Å². The van der Waals surface area contributed by atoms with Crippen LogP contribution < -0.4 is 0 Å². The van der Waals surface area contributed by atoms with E-state index in [0.29, 0.717) is 12.1 Å². The molecule has 1 aromatic heterocycles. The molecule has 1 aromatic rings. The van der Waals surface area contributed by atoms with Crippen LogP contribution >= 0.6 is 0 Å². The molecule has 0 aromatic carbocycles. The molecule has 0 unspecified atom stereocenters. The molecule has 0 spiro atoms. The normalized spacial score (nSPS) is 27.5. The van der Waals surface area contributed by atoms with Crippen LogP contribution in [-0.4, -0.2) is 47.9 Å². The van der Waals surface area contributed by atoms with Gasteiger partial charge in [-0.05, 0) is 66.1 Å². The van der Waals surface area contributed by atoms with Crippen molar-refractivity contribution in [3.05, 3.63) is 23.2 Å². The van der Waals surface area contributed by atoms with E-state index in [-0.39, 0.29) is 11.8 Å². The first kappa shape index (κ1) is 15.6. The summed E-state index contributed by atoms with van der Waals surface area (Å²) in [5.41, 5.74) is 1.05. The highest BCUT2D eigenvalue weighted by Crippen LogP contribution is 2.32. The van der Waals surface area contributed by atoms with Crippen LogP contribution in [0.3, 0.4) is 0 Å². The number of hydrogen-bond donors (Lipinski definition) is 0. The molecule has 2 aliphatic heterocycles. The highest BCUT2D eigenvalue weighted by atomic mass is 16.3. The van der Waals surface area contributed by atoms with Crippen LogP contribution in [0.5, 0.6) is 0 Å².